The molecule has 48 heavy (non-hydrogen) atoms. The molecule has 13 nitrogen and oxygen atoms in total. The summed E-state index contributed by atoms with van der Waals surface area (Å²) >= 11 is 0. The highest BCUT2D eigenvalue weighted by atomic mass is 16.5. The molecule has 0 atom stereocenters. The first-order chi connectivity index (χ1) is 23.4. The normalized spacial score (nSPS) is 16.7. The van der Waals surface area contributed by atoms with Crippen molar-refractivity contribution >= 4 is 35.1 Å². The SMILES string of the molecule is CN1CCC(C(=O)N2CCN(c3ccc(NC(=O)c4cccc(CNc5ncc(-c6ccnc(N)n6)c6c5CCO6)c4)nc3)CC2)CC1. The number of benzene rings is 1. The third kappa shape index (κ3) is 6.86. The molecule has 248 valence electrons. The lowest BCUT2D eigenvalue weighted by atomic mass is 9.95. The van der Waals surface area contributed by atoms with Crippen LogP contribution in [0.5, 0.6) is 5.75 Å². The summed E-state index contributed by atoms with van der Waals surface area (Å²) in [5, 5.41) is 6.33. The Kier molecular flexibility index (Phi) is 9.01. The lowest BCUT2D eigenvalue weighted by molar-refractivity contribution is -0.137. The van der Waals surface area contributed by atoms with Gasteiger partial charge in [-0.1, -0.05) is 12.1 Å². The monoisotopic (exact) mass is 648 g/mol. The summed E-state index contributed by atoms with van der Waals surface area (Å²) in [6.07, 6.45) is 7.74. The van der Waals surface area contributed by atoms with Crippen LogP contribution in [0.1, 0.15) is 34.3 Å². The molecule has 2 fully saturated rings. The molecule has 7 rings (SSSR count). The number of likely N-dealkylation sites (tertiary alicyclic amines) is 1. The lowest BCUT2D eigenvalue weighted by Crippen LogP contribution is -2.51. The third-order valence-electron chi connectivity index (χ3n) is 9.34. The number of fused-ring (bicyclic) bond motifs is 1. The fourth-order valence-electron chi connectivity index (χ4n) is 6.59. The van der Waals surface area contributed by atoms with Crippen LogP contribution in [-0.4, -0.2) is 94.5 Å². The van der Waals surface area contributed by atoms with Crippen LogP contribution in [0.25, 0.3) is 11.3 Å². The van der Waals surface area contributed by atoms with Gasteiger partial charge >= 0.3 is 0 Å². The summed E-state index contributed by atoms with van der Waals surface area (Å²) in [6.45, 7) is 5.96. The van der Waals surface area contributed by atoms with Crippen molar-refractivity contribution in [2.24, 2.45) is 5.92 Å². The number of hydrogen-bond acceptors (Lipinski definition) is 11. The molecule has 2 saturated heterocycles. The molecule has 3 aromatic heterocycles. The van der Waals surface area contributed by atoms with Crippen LogP contribution < -0.4 is 26.0 Å². The van der Waals surface area contributed by atoms with Crippen molar-refractivity contribution in [2.75, 3.05) is 74.2 Å². The number of carbonyl (C=O) groups is 2. The fraction of sp³-hybridized carbons (Fsp3) is 0.371. The Morgan fingerprint density at radius 3 is 2.58 bits per heavy atom. The number of nitrogen functional groups attached to an aromatic ring is 1. The zero-order valence-electron chi connectivity index (χ0n) is 27.1. The number of aromatic nitrogens is 4. The minimum absolute atomic E-state index is 0.150. The molecule has 4 aromatic rings. The van der Waals surface area contributed by atoms with E-state index in [9.17, 15) is 9.59 Å². The number of carbonyl (C=O) groups excluding carboxylic acids is 2. The van der Waals surface area contributed by atoms with E-state index in [2.05, 4.69) is 47.4 Å². The summed E-state index contributed by atoms with van der Waals surface area (Å²) in [5.74, 6) is 2.37. The van der Waals surface area contributed by atoms with Gasteiger partial charge in [-0.2, -0.15) is 0 Å². The number of piperidine rings is 1. The summed E-state index contributed by atoms with van der Waals surface area (Å²) in [4.78, 5) is 50.2. The van der Waals surface area contributed by atoms with Gasteiger partial charge in [-0.3, -0.25) is 9.59 Å². The molecular weight excluding hydrogens is 608 g/mol. The number of hydrogen-bond donors (Lipinski definition) is 3. The molecule has 13 heteroatoms. The van der Waals surface area contributed by atoms with Crippen molar-refractivity contribution in [3.05, 3.63) is 77.7 Å². The van der Waals surface area contributed by atoms with E-state index in [1.165, 1.54) is 0 Å². The second-order valence-corrected chi connectivity index (χ2v) is 12.5. The van der Waals surface area contributed by atoms with E-state index in [-0.39, 0.29) is 17.8 Å². The molecule has 1 aromatic carbocycles. The number of rotatable bonds is 8. The number of nitrogens with one attached hydrogen (secondary N) is 2. The Morgan fingerprint density at radius 2 is 1.81 bits per heavy atom. The van der Waals surface area contributed by atoms with Crippen LogP contribution in [0.2, 0.25) is 0 Å². The molecule has 4 N–H and O–H groups in total. The van der Waals surface area contributed by atoms with Gasteiger partial charge in [0.15, 0.2) is 0 Å². The lowest BCUT2D eigenvalue weighted by Gasteiger charge is -2.38. The van der Waals surface area contributed by atoms with Crippen LogP contribution in [0.15, 0.2) is 61.1 Å². The topological polar surface area (TPSA) is 155 Å². The third-order valence-corrected chi connectivity index (χ3v) is 9.34. The van der Waals surface area contributed by atoms with Crippen molar-refractivity contribution in [1.82, 2.24) is 29.7 Å². The molecule has 3 aliphatic heterocycles. The smallest absolute Gasteiger partial charge is 0.256 e. The zero-order valence-corrected chi connectivity index (χ0v) is 27.1. The van der Waals surface area contributed by atoms with E-state index < -0.39 is 0 Å². The van der Waals surface area contributed by atoms with Crippen molar-refractivity contribution in [2.45, 2.75) is 25.8 Å². The molecule has 0 saturated carbocycles. The van der Waals surface area contributed by atoms with E-state index in [1.54, 1.807) is 30.7 Å². The maximum Gasteiger partial charge on any atom is 0.256 e. The van der Waals surface area contributed by atoms with Gasteiger partial charge in [-0.25, -0.2) is 19.9 Å². The van der Waals surface area contributed by atoms with Gasteiger partial charge in [0.2, 0.25) is 11.9 Å². The Bertz CT molecular complexity index is 1780. The van der Waals surface area contributed by atoms with E-state index in [0.29, 0.717) is 49.2 Å². The van der Waals surface area contributed by atoms with Crippen LogP contribution in [-0.2, 0) is 17.8 Å². The number of amides is 2. The van der Waals surface area contributed by atoms with Gasteiger partial charge in [0, 0.05) is 68.6 Å². The second-order valence-electron chi connectivity index (χ2n) is 12.5. The fourth-order valence-corrected chi connectivity index (χ4v) is 6.59. The zero-order chi connectivity index (χ0) is 33.0. The van der Waals surface area contributed by atoms with Gasteiger partial charge in [0.05, 0.1) is 29.7 Å². The number of pyridine rings is 2. The van der Waals surface area contributed by atoms with Gasteiger partial charge in [-0.15, -0.1) is 0 Å². The molecule has 2 amide bonds. The van der Waals surface area contributed by atoms with E-state index in [1.807, 2.05) is 35.2 Å². The van der Waals surface area contributed by atoms with E-state index >= 15 is 0 Å². The number of piperazine rings is 1. The second kappa shape index (κ2) is 13.8. The molecule has 0 radical (unpaired) electrons. The highest BCUT2D eigenvalue weighted by Crippen LogP contribution is 2.39. The maximum atomic E-state index is 13.2. The van der Waals surface area contributed by atoms with Gasteiger partial charge in [-0.05, 0) is 68.9 Å². The molecule has 0 spiro atoms. The molecular formula is C35H40N10O3. The van der Waals surface area contributed by atoms with Crippen molar-refractivity contribution < 1.29 is 14.3 Å². The predicted octanol–water partition coefficient (Wildman–Crippen LogP) is 3.31. The highest BCUT2D eigenvalue weighted by Gasteiger charge is 2.30. The largest absolute Gasteiger partial charge is 0.492 e. The molecule has 0 unspecified atom stereocenters. The van der Waals surface area contributed by atoms with Gasteiger partial charge in [0.1, 0.15) is 17.4 Å². The number of nitrogens with two attached hydrogens (primary N) is 1. The summed E-state index contributed by atoms with van der Waals surface area (Å²) in [5.41, 5.74) is 10.7. The minimum atomic E-state index is -0.237. The molecule has 3 aliphatic rings. The standard InChI is InChI=1S/C35H40N10O3/c1-43-12-8-24(9-13-43)34(47)45-16-14-44(15-17-45)26-5-6-30(38-21-26)42-33(46)25-4-2-3-23(19-25)20-39-32-27-10-18-48-31(27)28(22-40-32)29-7-11-37-35(36)41-29/h2-7,11,19,21-22,24H,8-10,12-18,20H2,1H3,(H,39,40)(H2,36,37,41)(H,38,42,46). The van der Waals surface area contributed by atoms with Crippen molar-refractivity contribution in [3.8, 4) is 17.0 Å². The Morgan fingerprint density at radius 1 is 0.979 bits per heavy atom. The van der Waals surface area contributed by atoms with Crippen LogP contribution in [0.3, 0.4) is 0 Å². The van der Waals surface area contributed by atoms with Crippen LogP contribution in [0, 0.1) is 5.92 Å². The Hall–Kier alpha value is -5.30. The van der Waals surface area contributed by atoms with Crippen LogP contribution in [0.4, 0.5) is 23.3 Å². The van der Waals surface area contributed by atoms with Crippen LogP contribution >= 0.6 is 0 Å². The van der Waals surface area contributed by atoms with Crippen molar-refractivity contribution in [3.63, 3.8) is 0 Å². The minimum Gasteiger partial charge on any atom is -0.492 e. The van der Waals surface area contributed by atoms with E-state index in [4.69, 9.17) is 10.5 Å². The highest BCUT2D eigenvalue weighted by molar-refractivity contribution is 6.03. The average Bonchev–Trinajstić information content (AvgIpc) is 3.62. The Labute approximate surface area is 279 Å². The summed E-state index contributed by atoms with van der Waals surface area (Å²) in [7, 11) is 2.11. The number of nitrogens with zero attached hydrogens (tertiary/aromatic N) is 7. The molecule has 6 heterocycles. The molecule has 0 bridgehead atoms. The summed E-state index contributed by atoms with van der Waals surface area (Å²) in [6, 6.07) is 13.0. The first-order valence-corrected chi connectivity index (χ1v) is 16.5. The first-order valence-electron chi connectivity index (χ1n) is 16.5. The quantitative estimate of drug-likeness (QED) is 0.258. The Balaban J connectivity index is 0.929. The van der Waals surface area contributed by atoms with Crippen molar-refractivity contribution in [1.29, 1.82) is 0 Å². The average molecular weight is 649 g/mol. The number of anilines is 4. The summed E-state index contributed by atoms with van der Waals surface area (Å²) < 4.78 is 5.94. The maximum absolute atomic E-state index is 13.2. The van der Waals surface area contributed by atoms with Gasteiger partial charge in [0.25, 0.3) is 5.91 Å². The van der Waals surface area contributed by atoms with E-state index in [0.717, 1.165) is 79.4 Å². The predicted molar refractivity (Wildman–Crippen MR) is 184 cm³/mol. The molecule has 0 aliphatic carbocycles. The van der Waals surface area contributed by atoms with Gasteiger partial charge < -0.3 is 35.8 Å². The number of ether oxygens (including phenoxy) is 1. The first kappa shape index (κ1) is 31.3.